The van der Waals surface area contributed by atoms with Crippen LogP contribution in [0.3, 0.4) is 0 Å². The first kappa shape index (κ1) is 34.6. The van der Waals surface area contributed by atoms with E-state index in [9.17, 15) is 24.3 Å². The van der Waals surface area contributed by atoms with Crippen molar-refractivity contribution in [1.29, 1.82) is 0 Å². The molecular weight excluding hydrogens is 624 g/mol. The zero-order valence-corrected chi connectivity index (χ0v) is 27.3. The molecule has 3 N–H and O–H groups in total. The van der Waals surface area contributed by atoms with E-state index in [2.05, 4.69) is 27.8 Å². The van der Waals surface area contributed by atoms with Crippen molar-refractivity contribution < 1.29 is 29.0 Å². The van der Waals surface area contributed by atoms with Gasteiger partial charge in [-0.15, -0.1) is 0 Å². The minimum atomic E-state index is -1.13. The number of nitrogens with one attached hydrogen (secondary N) is 2. The summed E-state index contributed by atoms with van der Waals surface area (Å²) in [6, 6.07) is 29.5. The maximum absolute atomic E-state index is 13.9. The van der Waals surface area contributed by atoms with E-state index in [0.29, 0.717) is 23.6 Å². The normalized spacial score (nSPS) is 14.0. The standard InChI is InChI=1S/C37H40N6O6/c1-2-49-37(48)43-22-20-42(21-23-43)36(47)29(18-19-33(44)45)40-35(46)31-25-32(41-34(39-31)28-16-10-5-11-17-28)38-30(27-14-8-4-9-15-27)24-26-12-6-3-7-13-26/h3-17,25,29-30H,2,18-24H2,1H3,(H,40,46)(H,44,45)(H,38,39,41)/t29-,30?/m0/s1. The molecule has 5 rings (SSSR count). The Morgan fingerprint density at radius 2 is 1.45 bits per heavy atom. The fourth-order valence-corrected chi connectivity index (χ4v) is 5.62. The molecule has 1 unspecified atom stereocenters. The monoisotopic (exact) mass is 664 g/mol. The molecule has 254 valence electrons. The van der Waals surface area contributed by atoms with Crippen LogP contribution >= 0.6 is 0 Å². The Morgan fingerprint density at radius 1 is 0.837 bits per heavy atom. The Labute approximate surface area is 285 Å². The van der Waals surface area contributed by atoms with E-state index in [1.807, 2.05) is 78.9 Å². The molecule has 2 atom stereocenters. The van der Waals surface area contributed by atoms with Gasteiger partial charge in [0.1, 0.15) is 17.6 Å². The number of anilines is 1. The highest BCUT2D eigenvalue weighted by atomic mass is 16.6. The lowest BCUT2D eigenvalue weighted by Crippen LogP contribution is -2.56. The Bertz CT molecular complexity index is 1720. The number of benzene rings is 3. The number of hydrogen-bond acceptors (Lipinski definition) is 8. The second kappa shape index (κ2) is 16.9. The zero-order chi connectivity index (χ0) is 34.6. The van der Waals surface area contributed by atoms with Crippen LogP contribution in [-0.2, 0) is 20.7 Å². The first-order chi connectivity index (χ1) is 23.8. The number of amides is 3. The summed E-state index contributed by atoms with van der Waals surface area (Å²) in [5.74, 6) is -1.45. The molecule has 0 aliphatic carbocycles. The number of piperazine rings is 1. The number of rotatable bonds is 13. The molecule has 1 aliphatic heterocycles. The van der Waals surface area contributed by atoms with Crippen molar-refractivity contribution in [2.75, 3.05) is 38.1 Å². The maximum atomic E-state index is 13.9. The maximum Gasteiger partial charge on any atom is 0.409 e. The summed E-state index contributed by atoms with van der Waals surface area (Å²) in [6.45, 7) is 2.93. The molecule has 0 saturated carbocycles. The lowest BCUT2D eigenvalue weighted by molar-refractivity contribution is -0.138. The number of carbonyl (C=O) groups is 4. The van der Waals surface area contributed by atoms with E-state index in [1.165, 1.54) is 9.80 Å². The van der Waals surface area contributed by atoms with Gasteiger partial charge in [-0.2, -0.15) is 0 Å². The van der Waals surface area contributed by atoms with Gasteiger partial charge in [0.2, 0.25) is 5.91 Å². The third-order valence-electron chi connectivity index (χ3n) is 8.17. The van der Waals surface area contributed by atoms with Crippen LogP contribution in [0.15, 0.2) is 97.1 Å². The average molecular weight is 665 g/mol. The lowest BCUT2D eigenvalue weighted by atomic mass is 9.99. The van der Waals surface area contributed by atoms with Crippen molar-refractivity contribution >= 4 is 29.7 Å². The minimum absolute atomic E-state index is 0.0168. The third-order valence-corrected chi connectivity index (χ3v) is 8.17. The van der Waals surface area contributed by atoms with Gasteiger partial charge in [0.15, 0.2) is 5.82 Å². The number of ether oxygens (including phenoxy) is 1. The number of aromatic nitrogens is 2. The number of carboxylic acids is 1. The molecule has 1 fully saturated rings. The molecule has 3 aromatic carbocycles. The molecule has 4 aromatic rings. The van der Waals surface area contributed by atoms with Gasteiger partial charge in [0.05, 0.1) is 12.6 Å². The number of hydrogen-bond donors (Lipinski definition) is 3. The van der Waals surface area contributed by atoms with Gasteiger partial charge < -0.3 is 30.3 Å². The predicted molar refractivity (Wildman–Crippen MR) is 184 cm³/mol. The van der Waals surface area contributed by atoms with Crippen LogP contribution in [0.5, 0.6) is 0 Å². The smallest absolute Gasteiger partial charge is 0.409 e. The topological polar surface area (TPSA) is 154 Å². The fraction of sp³-hybridized carbons (Fsp3) is 0.297. The molecular formula is C37H40N6O6. The molecule has 1 aliphatic rings. The van der Waals surface area contributed by atoms with Crippen LogP contribution in [0, 0.1) is 0 Å². The second-order valence-electron chi connectivity index (χ2n) is 11.6. The average Bonchev–Trinajstić information content (AvgIpc) is 3.14. The summed E-state index contributed by atoms with van der Waals surface area (Å²) in [5, 5.41) is 15.7. The third kappa shape index (κ3) is 9.63. The van der Waals surface area contributed by atoms with E-state index in [-0.39, 0.29) is 57.4 Å². The van der Waals surface area contributed by atoms with E-state index >= 15 is 0 Å². The van der Waals surface area contributed by atoms with Gasteiger partial charge in [0, 0.05) is 44.2 Å². The van der Waals surface area contributed by atoms with E-state index < -0.39 is 29.9 Å². The Hall–Kier alpha value is -5.78. The summed E-state index contributed by atoms with van der Waals surface area (Å²) in [5.41, 5.74) is 2.85. The van der Waals surface area contributed by atoms with Crippen molar-refractivity contribution in [3.63, 3.8) is 0 Å². The quantitative estimate of drug-likeness (QED) is 0.183. The van der Waals surface area contributed by atoms with Crippen molar-refractivity contribution in [2.24, 2.45) is 0 Å². The molecule has 49 heavy (non-hydrogen) atoms. The summed E-state index contributed by atoms with van der Waals surface area (Å²) in [4.78, 5) is 63.6. The van der Waals surface area contributed by atoms with Gasteiger partial charge >= 0.3 is 12.1 Å². The largest absolute Gasteiger partial charge is 0.481 e. The highest BCUT2D eigenvalue weighted by Gasteiger charge is 2.31. The van der Waals surface area contributed by atoms with E-state index in [1.54, 1.807) is 13.0 Å². The van der Waals surface area contributed by atoms with Gasteiger partial charge in [-0.25, -0.2) is 14.8 Å². The fourth-order valence-electron chi connectivity index (χ4n) is 5.62. The summed E-state index contributed by atoms with van der Waals surface area (Å²) in [6.07, 6.45) is -0.256. The predicted octanol–water partition coefficient (Wildman–Crippen LogP) is 4.80. The second-order valence-corrected chi connectivity index (χ2v) is 11.6. The Balaban J connectivity index is 1.41. The van der Waals surface area contributed by atoms with Crippen molar-refractivity contribution in [3.05, 3.63) is 114 Å². The number of aliphatic carboxylic acids is 1. The molecule has 1 aromatic heterocycles. The molecule has 1 saturated heterocycles. The van der Waals surface area contributed by atoms with Crippen molar-refractivity contribution in [1.82, 2.24) is 25.1 Å². The molecule has 12 heteroatoms. The molecule has 0 radical (unpaired) electrons. The van der Waals surface area contributed by atoms with Crippen LogP contribution in [0.1, 0.15) is 47.4 Å². The Morgan fingerprint density at radius 3 is 2.08 bits per heavy atom. The van der Waals surface area contributed by atoms with E-state index in [0.717, 1.165) is 11.1 Å². The minimum Gasteiger partial charge on any atom is -0.481 e. The first-order valence-corrected chi connectivity index (χ1v) is 16.3. The number of carboxylic acid groups (broad SMARTS) is 1. The highest BCUT2D eigenvalue weighted by molar-refractivity contribution is 5.97. The van der Waals surface area contributed by atoms with Crippen LogP contribution in [-0.4, -0.2) is 87.6 Å². The van der Waals surface area contributed by atoms with Crippen LogP contribution < -0.4 is 10.6 Å². The van der Waals surface area contributed by atoms with Crippen LogP contribution in [0.4, 0.5) is 10.6 Å². The first-order valence-electron chi connectivity index (χ1n) is 16.3. The molecule has 12 nitrogen and oxygen atoms in total. The van der Waals surface area contributed by atoms with Gasteiger partial charge in [0.25, 0.3) is 5.91 Å². The zero-order valence-electron chi connectivity index (χ0n) is 27.3. The van der Waals surface area contributed by atoms with Gasteiger partial charge in [-0.05, 0) is 30.9 Å². The molecule has 0 spiro atoms. The molecule has 0 bridgehead atoms. The summed E-state index contributed by atoms with van der Waals surface area (Å²) < 4.78 is 5.07. The SMILES string of the molecule is CCOC(=O)N1CCN(C(=O)[C@H](CCC(=O)O)NC(=O)c2cc(NC(Cc3ccccc3)c3ccccc3)nc(-c3ccccc3)n2)CC1. The summed E-state index contributed by atoms with van der Waals surface area (Å²) in [7, 11) is 0. The molecule has 2 heterocycles. The van der Waals surface area contributed by atoms with Gasteiger partial charge in [-0.1, -0.05) is 91.0 Å². The van der Waals surface area contributed by atoms with E-state index in [4.69, 9.17) is 9.72 Å². The molecule has 3 amide bonds. The van der Waals surface area contributed by atoms with Crippen molar-refractivity contribution in [2.45, 2.75) is 38.3 Å². The van der Waals surface area contributed by atoms with Crippen LogP contribution in [0.25, 0.3) is 11.4 Å². The number of carbonyl (C=O) groups excluding carboxylic acids is 3. The Kier molecular flexibility index (Phi) is 11.9. The van der Waals surface area contributed by atoms with Crippen molar-refractivity contribution in [3.8, 4) is 11.4 Å². The lowest BCUT2D eigenvalue weighted by Gasteiger charge is -2.35. The van der Waals surface area contributed by atoms with Crippen LogP contribution in [0.2, 0.25) is 0 Å². The summed E-state index contributed by atoms with van der Waals surface area (Å²) >= 11 is 0. The highest BCUT2D eigenvalue weighted by Crippen LogP contribution is 2.25. The van der Waals surface area contributed by atoms with Gasteiger partial charge in [-0.3, -0.25) is 14.4 Å². The number of nitrogens with zero attached hydrogens (tertiary/aromatic N) is 4.